The van der Waals surface area contributed by atoms with Crippen LogP contribution in [0.2, 0.25) is 0 Å². The first-order chi connectivity index (χ1) is 8.83. The summed E-state index contributed by atoms with van der Waals surface area (Å²) in [7, 11) is 0. The van der Waals surface area contributed by atoms with Crippen molar-refractivity contribution < 1.29 is 14.4 Å². The second-order valence-corrected chi connectivity index (χ2v) is 8.42. The first-order valence-corrected chi connectivity index (χ1v) is 7.36. The number of carbonyl (C=O) groups excluding carboxylic acids is 3. The Morgan fingerprint density at radius 1 is 0.429 bits per heavy atom. The lowest BCUT2D eigenvalue weighted by molar-refractivity contribution is -0.124. The van der Waals surface area contributed by atoms with E-state index in [2.05, 4.69) is 0 Å². The third-order valence-corrected chi connectivity index (χ3v) is 3.17. The van der Waals surface area contributed by atoms with E-state index in [1.807, 2.05) is 62.3 Å². The molecular weight excluding hydrogens is 264 g/mol. The Bertz CT molecular complexity index is 287. The Morgan fingerprint density at radius 3 is 0.476 bits per heavy atom. The molecule has 0 aromatic heterocycles. The number of hydrogen-bond donors (Lipinski definition) is 0. The molecule has 0 aliphatic heterocycles. The van der Waals surface area contributed by atoms with Gasteiger partial charge in [-0.25, -0.2) is 0 Å². The van der Waals surface area contributed by atoms with Crippen LogP contribution in [0.4, 0.5) is 0 Å². The summed E-state index contributed by atoms with van der Waals surface area (Å²) in [5.74, 6) is 0.729. The molecule has 0 amide bonds. The van der Waals surface area contributed by atoms with Crippen LogP contribution in [0.15, 0.2) is 0 Å². The van der Waals surface area contributed by atoms with Crippen molar-refractivity contribution in [2.24, 2.45) is 16.2 Å². The maximum absolute atomic E-state index is 10.5. The van der Waals surface area contributed by atoms with Crippen LogP contribution >= 0.6 is 0 Å². The van der Waals surface area contributed by atoms with Gasteiger partial charge in [-0.05, 0) is 20.8 Å². The highest BCUT2D eigenvalue weighted by atomic mass is 16.1. The summed E-state index contributed by atoms with van der Waals surface area (Å²) in [4.78, 5) is 31.4. The van der Waals surface area contributed by atoms with Crippen LogP contribution in [0, 0.1) is 16.2 Å². The van der Waals surface area contributed by atoms with Crippen molar-refractivity contribution >= 4 is 17.3 Å². The predicted octanol–water partition coefficient (Wildman–Crippen LogP) is 4.86. The molecule has 0 aromatic carbocycles. The highest BCUT2D eigenvalue weighted by Gasteiger charge is 2.15. The number of rotatable bonds is 0. The second-order valence-electron chi connectivity index (χ2n) is 8.42. The van der Waals surface area contributed by atoms with Gasteiger partial charge in [-0.3, -0.25) is 14.4 Å². The normalized spacial score (nSPS) is 11.4. The average Bonchev–Trinajstić information content (AvgIpc) is 2.14. The Hall–Kier alpha value is -0.990. The maximum atomic E-state index is 10.5. The number of carbonyl (C=O) groups is 3. The lowest BCUT2D eigenvalue weighted by atomic mass is 9.92. The molecule has 0 unspecified atom stereocenters. The van der Waals surface area contributed by atoms with Crippen molar-refractivity contribution in [1.82, 2.24) is 0 Å². The fraction of sp³-hybridized carbons (Fsp3) is 0.833. The lowest BCUT2D eigenvalue weighted by Gasteiger charge is -2.11. The molecule has 0 spiro atoms. The van der Waals surface area contributed by atoms with E-state index in [4.69, 9.17) is 0 Å². The van der Waals surface area contributed by atoms with E-state index in [1.165, 1.54) is 0 Å². The molecular formula is C18H36O3. The third kappa shape index (κ3) is 19.0. The van der Waals surface area contributed by atoms with Crippen LogP contribution in [0.5, 0.6) is 0 Å². The van der Waals surface area contributed by atoms with E-state index in [0.29, 0.717) is 0 Å². The first kappa shape index (κ1) is 25.0. The van der Waals surface area contributed by atoms with Gasteiger partial charge in [0.15, 0.2) is 0 Å². The number of hydrogen-bond acceptors (Lipinski definition) is 3. The molecule has 0 aromatic rings. The van der Waals surface area contributed by atoms with Gasteiger partial charge in [0.1, 0.15) is 17.3 Å². The van der Waals surface area contributed by atoms with E-state index in [1.54, 1.807) is 20.8 Å². The van der Waals surface area contributed by atoms with E-state index in [0.717, 1.165) is 0 Å². The van der Waals surface area contributed by atoms with E-state index < -0.39 is 0 Å². The van der Waals surface area contributed by atoms with Crippen LogP contribution in [-0.2, 0) is 14.4 Å². The Morgan fingerprint density at radius 2 is 0.476 bits per heavy atom. The topological polar surface area (TPSA) is 51.2 Å². The summed E-state index contributed by atoms with van der Waals surface area (Å²) in [6.07, 6.45) is 0. The summed E-state index contributed by atoms with van der Waals surface area (Å²) in [6, 6.07) is 0. The number of ketones is 3. The van der Waals surface area contributed by atoms with Crippen molar-refractivity contribution in [1.29, 1.82) is 0 Å². The molecule has 0 radical (unpaired) electrons. The average molecular weight is 300 g/mol. The molecule has 0 aliphatic rings. The largest absolute Gasteiger partial charge is 0.299 e. The van der Waals surface area contributed by atoms with Crippen molar-refractivity contribution in [2.45, 2.75) is 83.1 Å². The second kappa shape index (κ2) is 9.11. The summed E-state index contributed by atoms with van der Waals surface area (Å²) >= 11 is 0. The fourth-order valence-corrected chi connectivity index (χ4v) is 0. The molecule has 0 atom stereocenters. The van der Waals surface area contributed by atoms with E-state index >= 15 is 0 Å². The minimum atomic E-state index is -0.139. The van der Waals surface area contributed by atoms with E-state index in [9.17, 15) is 14.4 Å². The molecule has 0 saturated carbocycles. The molecule has 0 aliphatic carbocycles. The Balaban J connectivity index is -0.000000231. The predicted molar refractivity (Wildman–Crippen MR) is 90.4 cm³/mol. The molecule has 0 N–H and O–H groups in total. The van der Waals surface area contributed by atoms with Gasteiger partial charge < -0.3 is 0 Å². The molecule has 0 bridgehead atoms. The number of Topliss-reactive ketones (excluding diaryl/α,β-unsaturated/α-hetero) is 3. The molecule has 0 heterocycles. The van der Waals surface area contributed by atoms with Gasteiger partial charge in [0.25, 0.3) is 0 Å². The zero-order chi connectivity index (χ0) is 18.2. The smallest absolute Gasteiger partial charge is 0.135 e. The molecule has 0 saturated heterocycles. The van der Waals surface area contributed by atoms with Crippen LogP contribution < -0.4 is 0 Å². The molecule has 3 nitrogen and oxygen atoms in total. The van der Waals surface area contributed by atoms with Crippen molar-refractivity contribution in [3.63, 3.8) is 0 Å². The van der Waals surface area contributed by atoms with Crippen LogP contribution in [0.3, 0.4) is 0 Å². The highest BCUT2D eigenvalue weighted by Crippen LogP contribution is 2.13. The highest BCUT2D eigenvalue weighted by molar-refractivity contribution is 5.81. The molecule has 0 fully saturated rings. The van der Waals surface area contributed by atoms with Crippen LogP contribution in [-0.4, -0.2) is 17.3 Å². The minimum Gasteiger partial charge on any atom is -0.299 e. The molecule has 21 heavy (non-hydrogen) atoms. The standard InChI is InChI=1S/3C6H12O/c3*1-5(7)6(2,3)4/h3*1-4H3. The van der Waals surface area contributed by atoms with Gasteiger partial charge in [0, 0.05) is 16.2 Å². The van der Waals surface area contributed by atoms with Gasteiger partial charge in [0.05, 0.1) is 0 Å². The minimum absolute atomic E-state index is 0.139. The van der Waals surface area contributed by atoms with Gasteiger partial charge in [-0.15, -0.1) is 0 Å². The Kier molecular flexibility index (Phi) is 10.8. The summed E-state index contributed by atoms with van der Waals surface area (Å²) in [5.41, 5.74) is -0.417. The quantitative estimate of drug-likeness (QED) is 0.641. The fourth-order valence-electron chi connectivity index (χ4n) is 0. The first-order valence-electron chi connectivity index (χ1n) is 7.36. The zero-order valence-corrected chi connectivity index (χ0v) is 16.2. The van der Waals surface area contributed by atoms with Crippen molar-refractivity contribution in [3.8, 4) is 0 Å². The molecule has 3 heteroatoms. The van der Waals surface area contributed by atoms with Crippen LogP contribution in [0.25, 0.3) is 0 Å². The van der Waals surface area contributed by atoms with Gasteiger partial charge in [-0.1, -0.05) is 62.3 Å². The summed E-state index contributed by atoms with van der Waals surface area (Å²) < 4.78 is 0. The zero-order valence-electron chi connectivity index (χ0n) is 16.2. The van der Waals surface area contributed by atoms with E-state index in [-0.39, 0.29) is 33.6 Å². The molecule has 126 valence electrons. The van der Waals surface area contributed by atoms with Gasteiger partial charge in [0.2, 0.25) is 0 Å². The maximum Gasteiger partial charge on any atom is 0.135 e. The summed E-state index contributed by atoms with van der Waals surface area (Å²) in [5, 5.41) is 0. The van der Waals surface area contributed by atoms with Gasteiger partial charge in [-0.2, -0.15) is 0 Å². The molecule has 0 rings (SSSR count). The summed E-state index contributed by atoms with van der Waals surface area (Å²) in [6.45, 7) is 22.0. The van der Waals surface area contributed by atoms with Crippen molar-refractivity contribution in [2.75, 3.05) is 0 Å². The van der Waals surface area contributed by atoms with Gasteiger partial charge >= 0.3 is 0 Å². The monoisotopic (exact) mass is 300 g/mol. The Labute approximate surface area is 131 Å². The lowest BCUT2D eigenvalue weighted by Crippen LogP contribution is -2.15. The SMILES string of the molecule is CC(=O)C(C)(C)C.CC(=O)C(C)(C)C.CC(=O)C(C)(C)C. The third-order valence-electron chi connectivity index (χ3n) is 3.17. The van der Waals surface area contributed by atoms with Crippen molar-refractivity contribution in [3.05, 3.63) is 0 Å². The van der Waals surface area contributed by atoms with Crippen LogP contribution in [0.1, 0.15) is 83.1 Å².